The van der Waals surface area contributed by atoms with Crippen molar-refractivity contribution in [1.29, 1.82) is 0 Å². The van der Waals surface area contributed by atoms with Crippen LogP contribution in [0.5, 0.6) is 0 Å². The van der Waals surface area contributed by atoms with Crippen molar-refractivity contribution in [1.82, 2.24) is 0 Å². The Kier molecular flexibility index (Phi) is 7.33. The molecular weight excluding hydrogens is 136 g/mol. The van der Waals surface area contributed by atoms with Gasteiger partial charge in [-0.05, 0) is 18.9 Å². The van der Waals surface area contributed by atoms with Crippen molar-refractivity contribution in [3.05, 3.63) is 11.8 Å². The molecule has 65 valence electrons. The standard InChI is InChI=1S/C10H19O/c1-3-5-6-7-9-10(11)8-4-2/h8H,3-7,9H2,1-2H3. The molecule has 0 spiro atoms. The van der Waals surface area contributed by atoms with E-state index in [1.54, 1.807) is 6.08 Å². The Bertz CT molecular complexity index is 105. The molecule has 1 heteroatoms. The van der Waals surface area contributed by atoms with Crippen LogP contribution in [0.4, 0.5) is 0 Å². The van der Waals surface area contributed by atoms with Crippen molar-refractivity contribution < 1.29 is 5.11 Å². The number of allylic oxidation sites excluding steroid dienone is 2. The van der Waals surface area contributed by atoms with Gasteiger partial charge in [0, 0.05) is 6.42 Å². The first-order chi connectivity index (χ1) is 5.31. The van der Waals surface area contributed by atoms with Gasteiger partial charge in [-0.3, -0.25) is 5.11 Å². The third-order valence-electron chi connectivity index (χ3n) is 1.71. The smallest absolute Gasteiger partial charge is 0.151 e. The Morgan fingerprint density at radius 2 is 1.91 bits per heavy atom. The van der Waals surface area contributed by atoms with Gasteiger partial charge in [-0.25, -0.2) is 0 Å². The molecule has 0 atom stereocenters. The van der Waals surface area contributed by atoms with Gasteiger partial charge >= 0.3 is 0 Å². The number of hydrogen-bond acceptors (Lipinski definition) is 0. The summed E-state index contributed by atoms with van der Waals surface area (Å²) in [6.45, 7) is 4.18. The maximum absolute atomic E-state index is 11.0. The average Bonchev–Trinajstić information content (AvgIpc) is 1.99. The van der Waals surface area contributed by atoms with E-state index in [0.29, 0.717) is 5.76 Å². The molecule has 0 aromatic rings. The highest BCUT2D eigenvalue weighted by Crippen LogP contribution is 2.08. The van der Waals surface area contributed by atoms with Crippen LogP contribution in [0.25, 0.3) is 0 Å². The van der Waals surface area contributed by atoms with Crippen LogP contribution < -0.4 is 0 Å². The molecule has 1 radical (unpaired) electrons. The van der Waals surface area contributed by atoms with Gasteiger partial charge in [-0.1, -0.05) is 33.1 Å². The van der Waals surface area contributed by atoms with Crippen LogP contribution in [0.3, 0.4) is 0 Å². The van der Waals surface area contributed by atoms with Crippen LogP contribution in [0.1, 0.15) is 52.4 Å². The van der Waals surface area contributed by atoms with Crippen molar-refractivity contribution in [3.8, 4) is 0 Å². The molecule has 0 aliphatic heterocycles. The Morgan fingerprint density at radius 3 is 2.45 bits per heavy atom. The molecular formula is C10H19O. The second kappa shape index (κ2) is 7.64. The molecule has 0 amide bonds. The Labute approximate surface area is 70.1 Å². The summed E-state index contributed by atoms with van der Waals surface area (Å²) >= 11 is 0. The molecule has 0 rings (SSSR count). The minimum Gasteiger partial charge on any atom is -0.295 e. The molecule has 0 N–H and O–H groups in total. The predicted molar refractivity (Wildman–Crippen MR) is 47.8 cm³/mol. The van der Waals surface area contributed by atoms with Crippen LogP contribution in [0, 0.1) is 0 Å². The minimum atomic E-state index is 0.323. The lowest BCUT2D eigenvalue weighted by Crippen LogP contribution is -1.81. The maximum atomic E-state index is 11.0. The molecule has 1 nitrogen and oxygen atoms in total. The first-order valence-corrected chi connectivity index (χ1v) is 4.67. The molecule has 0 saturated carbocycles. The fourth-order valence-electron chi connectivity index (χ4n) is 1.06. The number of hydrogen-bond donors (Lipinski definition) is 0. The Morgan fingerprint density at radius 1 is 1.18 bits per heavy atom. The van der Waals surface area contributed by atoms with Gasteiger partial charge in [0.2, 0.25) is 0 Å². The summed E-state index contributed by atoms with van der Waals surface area (Å²) in [7, 11) is 0. The van der Waals surface area contributed by atoms with Gasteiger partial charge in [-0.2, -0.15) is 0 Å². The molecule has 11 heavy (non-hydrogen) atoms. The highest BCUT2D eigenvalue weighted by atomic mass is 16.3. The fourth-order valence-corrected chi connectivity index (χ4v) is 1.06. The molecule has 0 bridgehead atoms. The molecule has 0 unspecified atom stereocenters. The largest absolute Gasteiger partial charge is 0.295 e. The van der Waals surface area contributed by atoms with Gasteiger partial charge < -0.3 is 0 Å². The van der Waals surface area contributed by atoms with E-state index in [-0.39, 0.29) is 0 Å². The molecule has 0 aliphatic rings. The Hall–Kier alpha value is -0.460. The van der Waals surface area contributed by atoms with E-state index in [1.165, 1.54) is 19.3 Å². The summed E-state index contributed by atoms with van der Waals surface area (Å²) in [5.41, 5.74) is 0. The first-order valence-electron chi connectivity index (χ1n) is 4.67. The minimum absolute atomic E-state index is 0.323. The molecule has 0 aliphatic carbocycles. The summed E-state index contributed by atoms with van der Waals surface area (Å²) < 4.78 is 0. The van der Waals surface area contributed by atoms with Crippen molar-refractivity contribution in [2.24, 2.45) is 0 Å². The monoisotopic (exact) mass is 155 g/mol. The highest BCUT2D eigenvalue weighted by molar-refractivity contribution is 4.88. The Balaban J connectivity index is 3.17. The van der Waals surface area contributed by atoms with Crippen LogP contribution in [-0.4, -0.2) is 0 Å². The van der Waals surface area contributed by atoms with Gasteiger partial charge in [-0.15, -0.1) is 0 Å². The lowest BCUT2D eigenvalue weighted by atomic mass is 10.1. The number of rotatable bonds is 6. The molecule has 0 aromatic carbocycles. The summed E-state index contributed by atoms with van der Waals surface area (Å²) in [4.78, 5) is 0. The van der Waals surface area contributed by atoms with Gasteiger partial charge in [0.25, 0.3) is 0 Å². The quantitative estimate of drug-likeness (QED) is 0.412. The van der Waals surface area contributed by atoms with Crippen LogP contribution in [0.15, 0.2) is 11.8 Å². The zero-order valence-electron chi connectivity index (χ0n) is 7.73. The second-order valence-corrected chi connectivity index (χ2v) is 2.89. The van der Waals surface area contributed by atoms with Gasteiger partial charge in [0.1, 0.15) is 0 Å². The van der Waals surface area contributed by atoms with E-state index in [4.69, 9.17) is 0 Å². The third kappa shape index (κ3) is 7.44. The van der Waals surface area contributed by atoms with Crippen molar-refractivity contribution >= 4 is 0 Å². The topological polar surface area (TPSA) is 19.9 Å². The fraction of sp³-hybridized carbons (Fsp3) is 0.800. The van der Waals surface area contributed by atoms with E-state index in [9.17, 15) is 5.11 Å². The van der Waals surface area contributed by atoms with Crippen LogP contribution >= 0.6 is 0 Å². The zero-order chi connectivity index (χ0) is 8.53. The maximum Gasteiger partial charge on any atom is 0.151 e. The molecule has 0 heterocycles. The van der Waals surface area contributed by atoms with Crippen LogP contribution in [-0.2, 0) is 5.11 Å². The average molecular weight is 155 g/mol. The van der Waals surface area contributed by atoms with E-state index < -0.39 is 0 Å². The molecule has 0 aromatic heterocycles. The highest BCUT2D eigenvalue weighted by Gasteiger charge is 1.94. The lowest BCUT2D eigenvalue weighted by molar-refractivity contribution is 0.275. The van der Waals surface area contributed by atoms with Crippen molar-refractivity contribution in [2.45, 2.75) is 52.4 Å². The zero-order valence-corrected chi connectivity index (χ0v) is 7.73. The molecule has 0 fully saturated rings. The third-order valence-corrected chi connectivity index (χ3v) is 1.71. The van der Waals surface area contributed by atoms with Gasteiger partial charge in [0.05, 0.1) is 0 Å². The van der Waals surface area contributed by atoms with Crippen molar-refractivity contribution in [2.75, 3.05) is 0 Å². The normalized spacial score (nSPS) is 12.0. The summed E-state index contributed by atoms with van der Waals surface area (Å²) in [5.74, 6) is 0.323. The van der Waals surface area contributed by atoms with E-state index >= 15 is 0 Å². The molecule has 0 saturated heterocycles. The number of unbranched alkanes of at least 4 members (excludes halogenated alkanes) is 3. The summed E-state index contributed by atoms with van der Waals surface area (Å²) in [6, 6.07) is 0. The second-order valence-electron chi connectivity index (χ2n) is 2.89. The SMILES string of the molecule is CCC=C([O])CCCCCC. The van der Waals surface area contributed by atoms with Crippen LogP contribution in [0.2, 0.25) is 0 Å². The van der Waals surface area contributed by atoms with Crippen molar-refractivity contribution in [3.63, 3.8) is 0 Å². The van der Waals surface area contributed by atoms with E-state index in [2.05, 4.69) is 6.92 Å². The van der Waals surface area contributed by atoms with Gasteiger partial charge in [0.15, 0.2) is 5.76 Å². The summed E-state index contributed by atoms with van der Waals surface area (Å²) in [6.07, 6.45) is 8.21. The first kappa shape index (κ1) is 10.5. The van der Waals surface area contributed by atoms with E-state index in [1.807, 2.05) is 6.92 Å². The summed E-state index contributed by atoms with van der Waals surface area (Å²) in [5, 5.41) is 11.0. The lowest BCUT2D eigenvalue weighted by Gasteiger charge is -1.95. The van der Waals surface area contributed by atoms with E-state index in [0.717, 1.165) is 19.3 Å². The predicted octanol–water partition coefficient (Wildman–Crippen LogP) is 3.68.